The molecular weight excluding hydrogens is 360 g/mol. The summed E-state index contributed by atoms with van der Waals surface area (Å²) >= 11 is 0. The van der Waals surface area contributed by atoms with Gasteiger partial charge < -0.3 is 9.80 Å². The van der Waals surface area contributed by atoms with E-state index in [1.54, 1.807) is 0 Å². The average Bonchev–Trinajstić information content (AvgIpc) is 3.19. The quantitative estimate of drug-likeness (QED) is 0.664. The van der Waals surface area contributed by atoms with Crippen LogP contribution < -0.4 is 4.90 Å². The van der Waals surface area contributed by atoms with Gasteiger partial charge in [-0.3, -0.25) is 4.79 Å². The van der Waals surface area contributed by atoms with Gasteiger partial charge in [0.2, 0.25) is 0 Å². The van der Waals surface area contributed by atoms with Crippen LogP contribution in [-0.4, -0.2) is 40.7 Å². The van der Waals surface area contributed by atoms with Crippen molar-refractivity contribution in [2.45, 2.75) is 31.2 Å². The van der Waals surface area contributed by atoms with Gasteiger partial charge in [-0.05, 0) is 43.9 Å². The fourth-order valence-electron chi connectivity index (χ4n) is 5.00. The van der Waals surface area contributed by atoms with Gasteiger partial charge in [0.05, 0.1) is 16.9 Å². The predicted octanol–water partition coefficient (Wildman–Crippen LogP) is 4.21. The van der Waals surface area contributed by atoms with Crippen molar-refractivity contribution in [3.05, 3.63) is 65.9 Å². The Bertz CT molecular complexity index is 1110. The lowest BCUT2D eigenvalue weighted by Gasteiger charge is -2.28. The van der Waals surface area contributed by atoms with E-state index >= 15 is 0 Å². The van der Waals surface area contributed by atoms with Crippen LogP contribution in [0.15, 0.2) is 54.6 Å². The van der Waals surface area contributed by atoms with E-state index < -0.39 is 0 Å². The minimum atomic E-state index is -0.177. The second-order valence-corrected chi connectivity index (χ2v) is 8.48. The van der Waals surface area contributed by atoms with Gasteiger partial charge in [-0.2, -0.15) is 5.10 Å². The highest BCUT2D eigenvalue weighted by molar-refractivity contribution is 5.96. The van der Waals surface area contributed by atoms with E-state index in [4.69, 9.17) is 5.10 Å². The van der Waals surface area contributed by atoms with Crippen LogP contribution in [0.25, 0.3) is 16.9 Å². The number of hydrogen-bond donors (Lipinski definition) is 0. The van der Waals surface area contributed by atoms with Crippen LogP contribution in [0.1, 0.15) is 41.7 Å². The minimum absolute atomic E-state index is 0.0519. The zero-order valence-corrected chi connectivity index (χ0v) is 16.6. The number of anilines is 1. The van der Waals surface area contributed by atoms with Crippen molar-refractivity contribution in [1.29, 1.82) is 0 Å². The maximum absolute atomic E-state index is 13.4. The Morgan fingerprint density at radius 3 is 2.45 bits per heavy atom. The molecule has 1 saturated carbocycles. The first-order valence-electron chi connectivity index (χ1n) is 10.5. The number of carbonyl (C=O) groups is 1. The van der Waals surface area contributed by atoms with Gasteiger partial charge in [0.25, 0.3) is 5.91 Å². The number of fused-ring (bicyclic) bond motifs is 4. The first-order chi connectivity index (χ1) is 14.2. The lowest BCUT2D eigenvalue weighted by atomic mass is 10.0. The molecule has 2 aliphatic heterocycles. The van der Waals surface area contributed by atoms with Crippen LogP contribution in [-0.2, 0) is 5.54 Å². The third-order valence-corrected chi connectivity index (χ3v) is 6.85. The maximum Gasteiger partial charge on any atom is 0.273 e. The Morgan fingerprint density at radius 1 is 0.966 bits per heavy atom. The third kappa shape index (κ3) is 2.40. The Balaban J connectivity index is 1.57. The van der Waals surface area contributed by atoms with Crippen molar-refractivity contribution in [1.82, 2.24) is 14.7 Å². The predicted molar refractivity (Wildman–Crippen MR) is 113 cm³/mol. The molecule has 1 aliphatic carbocycles. The normalized spacial score (nSPS) is 19.3. The second kappa shape index (κ2) is 5.96. The second-order valence-electron chi connectivity index (χ2n) is 8.48. The van der Waals surface area contributed by atoms with Crippen LogP contribution in [0.5, 0.6) is 0 Å². The van der Waals surface area contributed by atoms with Crippen LogP contribution in [0.4, 0.5) is 5.69 Å². The molecule has 29 heavy (non-hydrogen) atoms. The molecule has 5 nitrogen and oxygen atoms in total. The van der Waals surface area contributed by atoms with Crippen molar-refractivity contribution in [2.24, 2.45) is 0 Å². The smallest absolute Gasteiger partial charge is 0.273 e. The number of aromatic nitrogens is 2. The summed E-state index contributed by atoms with van der Waals surface area (Å²) in [6.45, 7) is 2.20. The number of hydrogen-bond acceptors (Lipinski definition) is 3. The number of benzene rings is 2. The van der Waals surface area contributed by atoms with Gasteiger partial charge in [-0.15, -0.1) is 0 Å². The fraction of sp³-hybridized carbons (Fsp3) is 0.333. The van der Waals surface area contributed by atoms with E-state index in [1.165, 1.54) is 24.1 Å². The molecular formula is C24H24N4O. The highest BCUT2D eigenvalue weighted by atomic mass is 16.2. The number of carbonyl (C=O) groups excluding carboxylic acids is 1. The summed E-state index contributed by atoms with van der Waals surface area (Å²) in [5.41, 5.74) is 5.85. The van der Waals surface area contributed by atoms with Gasteiger partial charge in [-0.1, -0.05) is 36.4 Å². The van der Waals surface area contributed by atoms with E-state index in [9.17, 15) is 4.79 Å². The van der Waals surface area contributed by atoms with Crippen molar-refractivity contribution in [2.75, 3.05) is 25.0 Å². The summed E-state index contributed by atoms with van der Waals surface area (Å²) in [5.74, 6) is 0.0519. The average molecular weight is 384 g/mol. The Morgan fingerprint density at radius 2 is 1.72 bits per heavy atom. The van der Waals surface area contributed by atoms with Crippen LogP contribution in [0.2, 0.25) is 0 Å². The standard InChI is InChI=1S/C24H24N4O/c1-26-23(29)22-16-20(17-7-3-2-4-8-17)25-28(22)21-15-18(27-13-5-6-14-27)9-10-19(21)24(26)11-12-24/h2-4,7-10,15-16H,5-6,11-14H2,1H3. The molecule has 5 heteroatoms. The molecule has 3 aromatic rings. The summed E-state index contributed by atoms with van der Waals surface area (Å²) in [5, 5.41) is 4.92. The Kier molecular flexibility index (Phi) is 3.46. The largest absolute Gasteiger partial charge is 0.371 e. The zero-order chi connectivity index (χ0) is 19.6. The summed E-state index contributed by atoms with van der Waals surface area (Å²) in [6.07, 6.45) is 4.52. The molecule has 0 atom stereocenters. The number of nitrogens with zero attached hydrogens (tertiary/aromatic N) is 4. The Hall–Kier alpha value is -3.08. The van der Waals surface area contributed by atoms with Gasteiger partial charge in [0.15, 0.2) is 0 Å². The Labute approximate surface area is 170 Å². The summed E-state index contributed by atoms with van der Waals surface area (Å²) in [6, 6.07) is 18.8. The first-order valence-corrected chi connectivity index (χ1v) is 10.5. The van der Waals surface area contributed by atoms with Crippen molar-refractivity contribution in [3.63, 3.8) is 0 Å². The summed E-state index contributed by atoms with van der Waals surface area (Å²) < 4.78 is 1.89. The van der Waals surface area contributed by atoms with Crippen LogP contribution in [0, 0.1) is 0 Å². The van der Waals surface area contributed by atoms with E-state index in [0.717, 1.165) is 42.9 Å². The van der Waals surface area contributed by atoms with Gasteiger partial charge in [0.1, 0.15) is 5.69 Å². The van der Waals surface area contributed by atoms with Crippen LogP contribution >= 0.6 is 0 Å². The minimum Gasteiger partial charge on any atom is -0.371 e. The molecule has 2 aromatic carbocycles. The number of rotatable bonds is 2. The molecule has 1 aromatic heterocycles. The van der Waals surface area contributed by atoms with E-state index in [-0.39, 0.29) is 11.4 Å². The molecule has 0 N–H and O–H groups in total. The molecule has 1 saturated heterocycles. The lowest BCUT2D eigenvalue weighted by molar-refractivity contribution is 0.0704. The van der Waals surface area contributed by atoms with Gasteiger partial charge in [-0.25, -0.2) is 4.68 Å². The van der Waals surface area contributed by atoms with Crippen LogP contribution in [0.3, 0.4) is 0 Å². The zero-order valence-electron chi connectivity index (χ0n) is 16.6. The van der Waals surface area contributed by atoms with Gasteiger partial charge >= 0.3 is 0 Å². The van der Waals surface area contributed by atoms with E-state index in [2.05, 4.69) is 23.1 Å². The lowest BCUT2D eigenvalue weighted by Crippen LogP contribution is -2.36. The van der Waals surface area contributed by atoms with E-state index in [0.29, 0.717) is 5.69 Å². The highest BCUT2D eigenvalue weighted by Crippen LogP contribution is 2.54. The molecule has 1 amide bonds. The molecule has 0 radical (unpaired) electrons. The molecule has 0 unspecified atom stereocenters. The topological polar surface area (TPSA) is 41.4 Å². The summed E-state index contributed by atoms with van der Waals surface area (Å²) in [4.78, 5) is 17.8. The number of amides is 1. The molecule has 2 fully saturated rings. The van der Waals surface area contributed by atoms with Crippen molar-refractivity contribution in [3.8, 4) is 16.9 Å². The molecule has 146 valence electrons. The molecule has 1 spiro atoms. The third-order valence-electron chi connectivity index (χ3n) is 6.85. The van der Waals surface area contributed by atoms with Crippen molar-refractivity contribution < 1.29 is 4.79 Å². The molecule has 3 aliphatic rings. The first kappa shape index (κ1) is 16.8. The maximum atomic E-state index is 13.4. The summed E-state index contributed by atoms with van der Waals surface area (Å²) in [7, 11) is 1.94. The molecule has 0 bridgehead atoms. The monoisotopic (exact) mass is 384 g/mol. The highest BCUT2D eigenvalue weighted by Gasteiger charge is 2.53. The van der Waals surface area contributed by atoms with Crippen molar-refractivity contribution >= 4 is 11.6 Å². The van der Waals surface area contributed by atoms with E-state index in [1.807, 2.05) is 53.0 Å². The fourth-order valence-corrected chi connectivity index (χ4v) is 5.00. The van der Waals surface area contributed by atoms with Gasteiger partial charge in [0, 0.05) is 37.0 Å². The molecule has 6 rings (SSSR count). The molecule has 3 heterocycles. The SMILES string of the molecule is CN1C(=O)c2cc(-c3ccccc3)nn2-c2cc(N3CCCC3)ccc2C12CC2.